The van der Waals surface area contributed by atoms with Crippen molar-refractivity contribution in [1.29, 1.82) is 0 Å². The molecular formula is C48H34N2O2. The smallest absolute Gasteiger partial charge is 0.149 e. The Labute approximate surface area is 300 Å². The highest BCUT2D eigenvalue weighted by atomic mass is 16.5. The molecule has 0 N–H and O–H groups in total. The SMILES string of the molecule is CC12C=CC=CC1Oc1c2cc([C@H]2C=c3c(oc4ccccc34)=CC2)c2c3ccccc3n(-c3cc(-c4ccccc4)cc(-c4ccccc4)n3)c12. The molecule has 0 spiro atoms. The summed E-state index contributed by atoms with van der Waals surface area (Å²) in [6, 6.07) is 45.1. The number of aromatic nitrogens is 2. The molecule has 0 saturated carbocycles. The van der Waals surface area contributed by atoms with E-state index in [1.807, 2.05) is 6.07 Å². The molecule has 1 aliphatic heterocycles. The van der Waals surface area contributed by atoms with E-state index in [4.69, 9.17) is 14.1 Å². The Kier molecular flexibility index (Phi) is 6.24. The summed E-state index contributed by atoms with van der Waals surface area (Å²) in [6.07, 6.45) is 14.2. The van der Waals surface area contributed by atoms with Gasteiger partial charge in [0.05, 0.1) is 22.1 Å². The first-order valence-corrected chi connectivity index (χ1v) is 18.1. The molecule has 4 nitrogen and oxygen atoms in total. The Hall–Kier alpha value is -6.39. The van der Waals surface area contributed by atoms with Gasteiger partial charge in [-0.25, -0.2) is 4.98 Å². The number of hydrogen-bond acceptors (Lipinski definition) is 3. The predicted octanol–water partition coefficient (Wildman–Crippen LogP) is 10.2. The molecule has 2 aliphatic carbocycles. The van der Waals surface area contributed by atoms with Crippen molar-refractivity contribution in [1.82, 2.24) is 9.55 Å². The van der Waals surface area contributed by atoms with Crippen LogP contribution in [0.2, 0.25) is 0 Å². The van der Waals surface area contributed by atoms with Gasteiger partial charge >= 0.3 is 0 Å². The van der Waals surface area contributed by atoms with Gasteiger partial charge in [0.25, 0.3) is 0 Å². The van der Waals surface area contributed by atoms with Crippen molar-refractivity contribution in [3.05, 3.63) is 173 Å². The summed E-state index contributed by atoms with van der Waals surface area (Å²) in [5.74, 6) is 1.93. The van der Waals surface area contributed by atoms with Crippen molar-refractivity contribution in [3.63, 3.8) is 0 Å². The molecule has 2 unspecified atom stereocenters. The van der Waals surface area contributed by atoms with E-state index in [0.29, 0.717) is 0 Å². The van der Waals surface area contributed by atoms with E-state index in [9.17, 15) is 0 Å². The van der Waals surface area contributed by atoms with E-state index < -0.39 is 0 Å². The van der Waals surface area contributed by atoms with Crippen LogP contribution in [0.3, 0.4) is 0 Å². The Balaban J connectivity index is 1.26. The first-order valence-electron chi connectivity index (χ1n) is 18.1. The standard InChI is InChI=1S/C48H34N2O2/c1-48-25-13-12-22-43(48)52-47-38(48)29-36(32-23-24-42-37(26-32)34-18-9-11-21-41(34)51-42)45-35-19-8-10-20-40(35)50(46(45)47)44-28-33(30-14-4-2-5-15-30)27-39(49-44)31-16-6-3-7-17-31/h2-22,24-29,32,43H,23H2,1H3/t32-,43?,48?/m1/s1. The van der Waals surface area contributed by atoms with E-state index in [1.165, 1.54) is 27.1 Å². The third kappa shape index (κ3) is 4.24. The molecule has 0 amide bonds. The van der Waals surface area contributed by atoms with Crippen molar-refractivity contribution in [3.8, 4) is 34.0 Å². The second kappa shape index (κ2) is 11.1. The number of ether oxygens (including phenoxy) is 1. The minimum absolute atomic E-state index is 0.104. The molecule has 4 heteroatoms. The summed E-state index contributed by atoms with van der Waals surface area (Å²) in [5.41, 5.74) is 10.5. The van der Waals surface area contributed by atoms with E-state index in [0.717, 1.165) is 67.8 Å². The molecule has 3 aliphatic rings. The first-order chi connectivity index (χ1) is 25.6. The maximum absolute atomic E-state index is 7.07. The molecule has 3 aromatic heterocycles. The molecule has 248 valence electrons. The van der Waals surface area contributed by atoms with Gasteiger partial charge in [0, 0.05) is 38.4 Å². The molecule has 8 aromatic rings. The van der Waals surface area contributed by atoms with Crippen LogP contribution < -0.4 is 15.4 Å². The summed E-state index contributed by atoms with van der Waals surface area (Å²) in [4.78, 5) is 5.46. The molecular weight excluding hydrogens is 637 g/mol. The minimum atomic E-state index is -0.311. The Morgan fingerprint density at radius 3 is 2.35 bits per heavy atom. The quantitative estimate of drug-likeness (QED) is 0.187. The van der Waals surface area contributed by atoms with E-state index in [-0.39, 0.29) is 17.4 Å². The number of para-hydroxylation sites is 2. The van der Waals surface area contributed by atoms with E-state index in [2.05, 4.69) is 169 Å². The fourth-order valence-corrected chi connectivity index (χ4v) is 8.78. The predicted molar refractivity (Wildman–Crippen MR) is 211 cm³/mol. The Morgan fingerprint density at radius 2 is 1.50 bits per heavy atom. The monoisotopic (exact) mass is 670 g/mol. The Bertz CT molecular complexity index is 2870. The van der Waals surface area contributed by atoms with Gasteiger partial charge in [0.15, 0.2) is 0 Å². The van der Waals surface area contributed by atoms with E-state index in [1.54, 1.807) is 0 Å². The molecule has 0 fully saturated rings. The van der Waals surface area contributed by atoms with Gasteiger partial charge in [-0.05, 0) is 72.5 Å². The molecule has 5 aromatic carbocycles. The van der Waals surface area contributed by atoms with E-state index >= 15 is 0 Å². The third-order valence-corrected chi connectivity index (χ3v) is 11.4. The number of hydrogen-bond donors (Lipinski definition) is 0. The van der Waals surface area contributed by atoms with Gasteiger partial charge in [-0.1, -0.05) is 121 Å². The Morgan fingerprint density at radius 1 is 0.750 bits per heavy atom. The molecule has 11 rings (SSSR count). The fourth-order valence-electron chi connectivity index (χ4n) is 8.78. The second-order valence-electron chi connectivity index (χ2n) is 14.4. The number of benzene rings is 5. The van der Waals surface area contributed by atoms with Crippen LogP contribution in [0.15, 0.2) is 156 Å². The average molecular weight is 671 g/mol. The van der Waals surface area contributed by atoms with Crippen LogP contribution in [0.4, 0.5) is 0 Å². The lowest BCUT2D eigenvalue weighted by molar-refractivity contribution is 0.229. The van der Waals surface area contributed by atoms with Gasteiger partial charge in [-0.15, -0.1) is 0 Å². The largest absolute Gasteiger partial charge is 0.483 e. The lowest BCUT2D eigenvalue weighted by Crippen LogP contribution is -2.33. The maximum Gasteiger partial charge on any atom is 0.149 e. The van der Waals surface area contributed by atoms with Gasteiger partial charge in [0.1, 0.15) is 28.7 Å². The van der Waals surface area contributed by atoms with Crippen LogP contribution in [-0.2, 0) is 5.41 Å². The van der Waals surface area contributed by atoms with Crippen molar-refractivity contribution < 1.29 is 9.15 Å². The van der Waals surface area contributed by atoms with Gasteiger partial charge in [-0.2, -0.15) is 0 Å². The van der Waals surface area contributed by atoms with Crippen molar-refractivity contribution >= 4 is 44.9 Å². The number of nitrogens with zero attached hydrogens (tertiary/aromatic N) is 2. The molecule has 0 saturated heterocycles. The number of allylic oxidation sites excluding steroid dienone is 2. The van der Waals surface area contributed by atoms with Crippen molar-refractivity contribution in [2.75, 3.05) is 0 Å². The normalized spacial score (nSPS) is 19.9. The number of rotatable bonds is 4. The van der Waals surface area contributed by atoms with Crippen molar-refractivity contribution in [2.24, 2.45) is 0 Å². The first kappa shape index (κ1) is 29.4. The van der Waals surface area contributed by atoms with Crippen LogP contribution >= 0.6 is 0 Å². The number of pyridine rings is 1. The minimum Gasteiger partial charge on any atom is -0.483 e. The summed E-state index contributed by atoms with van der Waals surface area (Å²) in [7, 11) is 0. The second-order valence-corrected chi connectivity index (χ2v) is 14.4. The van der Waals surface area contributed by atoms with Crippen LogP contribution in [0.25, 0.3) is 73.1 Å². The third-order valence-electron chi connectivity index (χ3n) is 11.4. The lowest BCUT2D eigenvalue weighted by atomic mass is 9.75. The highest BCUT2D eigenvalue weighted by Gasteiger charge is 2.45. The zero-order valence-electron chi connectivity index (χ0n) is 28.7. The summed E-state index contributed by atoms with van der Waals surface area (Å²) >= 11 is 0. The topological polar surface area (TPSA) is 40.2 Å². The summed E-state index contributed by atoms with van der Waals surface area (Å²) in [5, 5.41) is 4.73. The summed E-state index contributed by atoms with van der Waals surface area (Å²) in [6.45, 7) is 2.31. The maximum atomic E-state index is 7.07. The van der Waals surface area contributed by atoms with Crippen LogP contribution in [-0.4, -0.2) is 15.7 Å². The molecule has 0 radical (unpaired) electrons. The highest BCUT2D eigenvalue weighted by molar-refractivity contribution is 6.14. The molecule has 4 heterocycles. The summed E-state index contributed by atoms with van der Waals surface area (Å²) < 4.78 is 15.8. The van der Waals surface area contributed by atoms with Gasteiger partial charge in [0.2, 0.25) is 0 Å². The van der Waals surface area contributed by atoms with Crippen LogP contribution in [0.1, 0.15) is 30.4 Å². The van der Waals surface area contributed by atoms with Crippen LogP contribution in [0.5, 0.6) is 5.75 Å². The van der Waals surface area contributed by atoms with Crippen molar-refractivity contribution in [2.45, 2.75) is 30.8 Å². The molecule has 0 bridgehead atoms. The fraction of sp³-hybridized carbons (Fsp3) is 0.104. The highest BCUT2D eigenvalue weighted by Crippen LogP contribution is 2.54. The van der Waals surface area contributed by atoms with Gasteiger partial charge < -0.3 is 9.15 Å². The molecule has 3 atom stereocenters. The van der Waals surface area contributed by atoms with Gasteiger partial charge in [-0.3, -0.25) is 4.57 Å². The average Bonchev–Trinajstić information content (AvgIpc) is 3.85. The van der Waals surface area contributed by atoms with Crippen LogP contribution in [0, 0.1) is 0 Å². The lowest BCUT2D eigenvalue weighted by Gasteiger charge is -2.27. The molecule has 52 heavy (non-hydrogen) atoms. The number of fused-ring (bicyclic) bond motifs is 10. The zero-order valence-corrected chi connectivity index (χ0v) is 28.7. The zero-order chi connectivity index (χ0) is 34.4. The number of furan rings is 1.